The molecule has 33 heavy (non-hydrogen) atoms. The molecule has 2 fully saturated rings. The fourth-order valence-electron chi connectivity index (χ4n) is 5.17. The van der Waals surface area contributed by atoms with E-state index >= 15 is 0 Å². The topological polar surface area (TPSA) is 124 Å². The molecule has 10 nitrogen and oxygen atoms in total. The SMILES string of the molecule is COc1nc(C(=O)N2CCC(C3CCCN3C(=O)c3ccc4[nH]ncc4c3C)C2)cc(=O)[nH]1. The molecule has 2 aliphatic rings. The van der Waals surface area contributed by atoms with E-state index in [-0.39, 0.29) is 35.5 Å². The molecule has 5 rings (SSSR count). The second-order valence-electron chi connectivity index (χ2n) is 8.72. The standard InChI is InChI=1S/C23H26N6O4/c1-13-15(5-6-17-16(13)11-24-27-17)21(31)29-8-3-4-19(29)14-7-9-28(12-14)22(32)18-10-20(30)26-23(25-18)33-2/h5-6,10-11,14,19H,3-4,7-9,12H2,1-2H3,(H,24,27)(H,25,26,30). The smallest absolute Gasteiger partial charge is 0.296 e. The Balaban J connectivity index is 1.33. The van der Waals surface area contributed by atoms with Crippen molar-refractivity contribution < 1.29 is 14.3 Å². The minimum absolute atomic E-state index is 0.0131. The number of aromatic nitrogens is 4. The van der Waals surface area contributed by atoms with Crippen LogP contribution in [-0.2, 0) is 0 Å². The molecule has 0 saturated carbocycles. The van der Waals surface area contributed by atoms with Gasteiger partial charge in [-0.15, -0.1) is 0 Å². The number of nitrogens with zero attached hydrogens (tertiary/aromatic N) is 4. The number of methoxy groups -OCH3 is 1. The highest BCUT2D eigenvalue weighted by molar-refractivity contribution is 6.00. The van der Waals surface area contributed by atoms with Crippen molar-refractivity contribution in [2.75, 3.05) is 26.7 Å². The minimum Gasteiger partial charge on any atom is -0.468 e. The van der Waals surface area contributed by atoms with Crippen LogP contribution in [0.15, 0.2) is 29.2 Å². The highest BCUT2D eigenvalue weighted by Crippen LogP contribution is 2.33. The number of likely N-dealkylation sites (tertiary alicyclic amines) is 2. The van der Waals surface area contributed by atoms with E-state index < -0.39 is 5.56 Å². The second kappa shape index (κ2) is 8.34. The van der Waals surface area contributed by atoms with E-state index in [1.54, 1.807) is 11.1 Å². The van der Waals surface area contributed by atoms with E-state index in [4.69, 9.17) is 4.74 Å². The first-order chi connectivity index (χ1) is 16.0. The van der Waals surface area contributed by atoms with Gasteiger partial charge in [-0.2, -0.15) is 10.1 Å². The molecule has 2 aromatic heterocycles. The van der Waals surface area contributed by atoms with E-state index in [9.17, 15) is 14.4 Å². The number of aryl methyl sites for hydroxylation is 1. The number of fused-ring (bicyclic) bond motifs is 1. The van der Waals surface area contributed by atoms with Gasteiger partial charge in [0.05, 0.1) is 18.8 Å². The van der Waals surface area contributed by atoms with Gasteiger partial charge in [0.2, 0.25) is 0 Å². The Bertz CT molecular complexity index is 1280. The van der Waals surface area contributed by atoms with E-state index in [1.165, 1.54) is 13.2 Å². The van der Waals surface area contributed by atoms with Crippen LogP contribution in [0.1, 0.15) is 45.7 Å². The maximum Gasteiger partial charge on any atom is 0.296 e. The van der Waals surface area contributed by atoms with Crippen LogP contribution in [0.3, 0.4) is 0 Å². The highest BCUT2D eigenvalue weighted by Gasteiger charge is 2.40. The van der Waals surface area contributed by atoms with Crippen molar-refractivity contribution >= 4 is 22.7 Å². The molecule has 2 aliphatic heterocycles. The van der Waals surface area contributed by atoms with Crippen LogP contribution in [0.2, 0.25) is 0 Å². The molecule has 0 bridgehead atoms. The maximum absolute atomic E-state index is 13.5. The first-order valence-corrected chi connectivity index (χ1v) is 11.1. The van der Waals surface area contributed by atoms with Crippen LogP contribution in [0, 0.1) is 12.8 Å². The fourth-order valence-corrected chi connectivity index (χ4v) is 5.17. The summed E-state index contributed by atoms with van der Waals surface area (Å²) in [4.78, 5) is 48.5. The molecule has 4 heterocycles. The fraction of sp³-hybridized carbons (Fsp3) is 0.435. The molecule has 2 N–H and O–H groups in total. The lowest BCUT2D eigenvalue weighted by Crippen LogP contribution is -2.42. The van der Waals surface area contributed by atoms with Crippen LogP contribution in [0.4, 0.5) is 0 Å². The van der Waals surface area contributed by atoms with E-state index in [0.29, 0.717) is 25.2 Å². The Morgan fingerprint density at radius 1 is 1.18 bits per heavy atom. The zero-order valence-electron chi connectivity index (χ0n) is 18.6. The van der Waals surface area contributed by atoms with Crippen molar-refractivity contribution in [3.63, 3.8) is 0 Å². The first kappa shape index (κ1) is 21.2. The largest absolute Gasteiger partial charge is 0.468 e. The Morgan fingerprint density at radius 2 is 2.03 bits per heavy atom. The summed E-state index contributed by atoms with van der Waals surface area (Å²) in [6.07, 6.45) is 4.42. The Labute approximate surface area is 189 Å². The normalized spacial score (nSPS) is 20.5. The Kier molecular flexibility index (Phi) is 5.35. The molecule has 2 atom stereocenters. The molecule has 2 saturated heterocycles. The third kappa shape index (κ3) is 3.75. The van der Waals surface area contributed by atoms with Gasteiger partial charge in [0.25, 0.3) is 23.4 Å². The van der Waals surface area contributed by atoms with Crippen LogP contribution < -0.4 is 10.3 Å². The lowest BCUT2D eigenvalue weighted by Gasteiger charge is -2.30. The monoisotopic (exact) mass is 450 g/mol. The molecule has 2 amide bonds. The second-order valence-corrected chi connectivity index (χ2v) is 8.72. The molecular formula is C23H26N6O4. The minimum atomic E-state index is -0.432. The number of carbonyl (C=O) groups excluding carboxylic acids is 2. The van der Waals surface area contributed by atoms with Gasteiger partial charge in [0.15, 0.2) is 0 Å². The van der Waals surface area contributed by atoms with Gasteiger partial charge in [-0.3, -0.25) is 24.5 Å². The highest BCUT2D eigenvalue weighted by atomic mass is 16.5. The van der Waals surface area contributed by atoms with Crippen molar-refractivity contribution in [1.29, 1.82) is 0 Å². The van der Waals surface area contributed by atoms with Gasteiger partial charge < -0.3 is 14.5 Å². The summed E-state index contributed by atoms with van der Waals surface area (Å²) in [5, 5.41) is 7.98. The van der Waals surface area contributed by atoms with Crippen molar-refractivity contribution in [3.8, 4) is 6.01 Å². The number of rotatable bonds is 4. The Morgan fingerprint density at radius 3 is 2.85 bits per heavy atom. The number of benzene rings is 1. The summed E-state index contributed by atoms with van der Waals surface area (Å²) < 4.78 is 4.98. The molecule has 0 radical (unpaired) electrons. The molecule has 0 aliphatic carbocycles. The zero-order valence-corrected chi connectivity index (χ0v) is 18.6. The average Bonchev–Trinajstić information content (AvgIpc) is 3.58. The van der Waals surface area contributed by atoms with Gasteiger partial charge in [-0.25, -0.2) is 0 Å². The van der Waals surface area contributed by atoms with Gasteiger partial charge in [-0.05, 0) is 49.8 Å². The molecule has 172 valence electrons. The van der Waals surface area contributed by atoms with Gasteiger partial charge >= 0.3 is 0 Å². The third-order valence-electron chi connectivity index (χ3n) is 6.87. The van der Waals surface area contributed by atoms with Crippen LogP contribution >= 0.6 is 0 Å². The molecule has 3 aromatic rings. The summed E-state index contributed by atoms with van der Waals surface area (Å²) in [7, 11) is 1.39. The average molecular weight is 450 g/mol. The van der Waals surface area contributed by atoms with Crippen LogP contribution in [-0.4, -0.2) is 74.6 Å². The van der Waals surface area contributed by atoms with Gasteiger partial charge in [0, 0.05) is 42.7 Å². The van der Waals surface area contributed by atoms with Crippen molar-refractivity contribution in [2.24, 2.45) is 5.92 Å². The molecule has 2 unspecified atom stereocenters. The summed E-state index contributed by atoms with van der Waals surface area (Å²) in [5.74, 6) is -0.0786. The number of aromatic amines is 2. The number of hydrogen-bond acceptors (Lipinski definition) is 6. The number of carbonyl (C=O) groups is 2. The van der Waals surface area contributed by atoms with E-state index in [1.807, 2.05) is 24.0 Å². The van der Waals surface area contributed by atoms with Crippen LogP contribution in [0.25, 0.3) is 10.9 Å². The summed E-state index contributed by atoms with van der Waals surface area (Å²) >= 11 is 0. The number of H-pyrrole nitrogens is 2. The van der Waals surface area contributed by atoms with E-state index in [0.717, 1.165) is 35.7 Å². The predicted octanol–water partition coefficient (Wildman–Crippen LogP) is 1.73. The quantitative estimate of drug-likeness (QED) is 0.624. The van der Waals surface area contributed by atoms with Gasteiger partial charge in [-0.1, -0.05) is 0 Å². The summed E-state index contributed by atoms with van der Waals surface area (Å²) in [5.41, 5.74) is 2.17. The first-order valence-electron chi connectivity index (χ1n) is 11.1. The third-order valence-corrected chi connectivity index (χ3v) is 6.87. The number of nitrogens with one attached hydrogen (secondary N) is 2. The van der Waals surface area contributed by atoms with Crippen LogP contribution in [0.5, 0.6) is 6.01 Å². The lowest BCUT2D eigenvalue weighted by molar-refractivity contribution is 0.0680. The van der Waals surface area contributed by atoms with Crippen molar-refractivity contribution in [2.45, 2.75) is 32.2 Å². The Hall–Kier alpha value is -3.69. The molecular weight excluding hydrogens is 424 g/mol. The summed E-state index contributed by atoms with van der Waals surface area (Å²) in [6, 6.07) is 5.05. The number of amides is 2. The molecule has 0 spiro atoms. The van der Waals surface area contributed by atoms with E-state index in [2.05, 4.69) is 20.2 Å². The zero-order chi connectivity index (χ0) is 23.1. The maximum atomic E-state index is 13.5. The van der Waals surface area contributed by atoms with Crippen molar-refractivity contribution in [1.82, 2.24) is 30.0 Å². The van der Waals surface area contributed by atoms with Crippen molar-refractivity contribution in [3.05, 3.63) is 51.6 Å². The van der Waals surface area contributed by atoms with Gasteiger partial charge in [0.1, 0.15) is 5.69 Å². The molecule has 1 aromatic carbocycles. The number of ether oxygens (including phenoxy) is 1. The predicted molar refractivity (Wildman–Crippen MR) is 120 cm³/mol. The molecule has 10 heteroatoms. The summed E-state index contributed by atoms with van der Waals surface area (Å²) in [6.45, 7) is 3.77. The number of hydrogen-bond donors (Lipinski definition) is 2. The lowest BCUT2D eigenvalue weighted by atomic mass is 9.95.